The molecule has 1 N–H and O–H groups in total. The molecule has 0 saturated heterocycles. The largest absolute Gasteiger partial charge is 0.310 e. The highest BCUT2D eigenvalue weighted by Crippen LogP contribution is 2.25. The van der Waals surface area contributed by atoms with E-state index < -0.39 is 0 Å². The summed E-state index contributed by atoms with van der Waals surface area (Å²) < 4.78 is 0. The quantitative estimate of drug-likeness (QED) is 0.863. The maximum atomic E-state index is 12.0. The lowest BCUT2D eigenvalue weighted by Crippen LogP contribution is -2.24. The van der Waals surface area contributed by atoms with Gasteiger partial charge in [0.2, 0.25) is 0 Å². The molecule has 1 aromatic heterocycles. The van der Waals surface area contributed by atoms with Crippen LogP contribution in [0.25, 0.3) is 11.3 Å². The monoisotopic (exact) mass is 276 g/mol. The van der Waals surface area contributed by atoms with Gasteiger partial charge in [-0.1, -0.05) is 44.5 Å². The second kappa shape index (κ2) is 4.82. The average molecular weight is 277 g/mol. The van der Waals surface area contributed by atoms with Crippen LogP contribution >= 0.6 is 11.6 Å². The number of hydrogen-bond donors (Lipinski definition) is 1. The zero-order valence-electron chi connectivity index (χ0n) is 11.5. The minimum absolute atomic E-state index is 0.102. The maximum absolute atomic E-state index is 12.0. The lowest BCUT2D eigenvalue weighted by atomic mass is 9.95. The summed E-state index contributed by atoms with van der Waals surface area (Å²) in [5, 5.41) is 0.635. The van der Waals surface area contributed by atoms with Gasteiger partial charge in [0.25, 0.3) is 5.56 Å². The molecule has 1 heterocycles. The van der Waals surface area contributed by atoms with Crippen LogP contribution in [-0.2, 0) is 5.41 Å². The average Bonchev–Trinajstić information content (AvgIpc) is 2.31. The Kier molecular flexibility index (Phi) is 3.50. The van der Waals surface area contributed by atoms with Crippen LogP contribution in [0.15, 0.2) is 29.1 Å². The van der Waals surface area contributed by atoms with E-state index in [0.29, 0.717) is 22.1 Å². The van der Waals surface area contributed by atoms with Crippen molar-refractivity contribution in [1.82, 2.24) is 9.97 Å². The fraction of sp³-hybridized carbons (Fsp3) is 0.333. The predicted octanol–water partition coefficient (Wildman–Crippen LogP) is 3.70. The number of hydrogen-bond acceptors (Lipinski definition) is 2. The van der Waals surface area contributed by atoms with Crippen molar-refractivity contribution in [3.8, 4) is 11.3 Å². The lowest BCUT2D eigenvalue weighted by molar-refractivity contribution is 0.542. The second-order valence-corrected chi connectivity index (χ2v) is 6.08. The van der Waals surface area contributed by atoms with Crippen LogP contribution in [0.2, 0.25) is 5.02 Å². The van der Waals surface area contributed by atoms with E-state index in [0.717, 1.165) is 5.56 Å². The fourth-order valence-corrected chi connectivity index (χ4v) is 1.99. The van der Waals surface area contributed by atoms with Crippen LogP contribution in [0.3, 0.4) is 0 Å². The van der Waals surface area contributed by atoms with Crippen LogP contribution in [0.4, 0.5) is 0 Å². The van der Waals surface area contributed by atoms with Gasteiger partial charge >= 0.3 is 0 Å². The van der Waals surface area contributed by atoms with E-state index in [2.05, 4.69) is 9.97 Å². The number of halogens is 1. The summed E-state index contributed by atoms with van der Waals surface area (Å²) in [5.41, 5.74) is 1.85. The van der Waals surface area contributed by atoms with E-state index >= 15 is 0 Å². The second-order valence-electron chi connectivity index (χ2n) is 5.65. The van der Waals surface area contributed by atoms with Crippen LogP contribution < -0.4 is 5.56 Å². The van der Waals surface area contributed by atoms with Crippen molar-refractivity contribution >= 4 is 11.6 Å². The smallest absolute Gasteiger partial charge is 0.254 e. The molecule has 0 atom stereocenters. The fourth-order valence-electron chi connectivity index (χ4n) is 1.80. The molecule has 0 spiro atoms. The van der Waals surface area contributed by atoms with Gasteiger partial charge in [-0.15, -0.1) is 0 Å². The first-order chi connectivity index (χ1) is 8.79. The van der Waals surface area contributed by atoms with E-state index in [1.54, 1.807) is 13.0 Å². The normalized spacial score (nSPS) is 11.6. The van der Waals surface area contributed by atoms with E-state index in [9.17, 15) is 4.79 Å². The van der Waals surface area contributed by atoms with Gasteiger partial charge in [-0.2, -0.15) is 0 Å². The number of H-pyrrole nitrogens is 1. The van der Waals surface area contributed by atoms with Crippen molar-refractivity contribution in [2.45, 2.75) is 33.1 Å². The molecule has 0 fully saturated rings. The van der Waals surface area contributed by atoms with Crippen LogP contribution in [0, 0.1) is 6.92 Å². The summed E-state index contributed by atoms with van der Waals surface area (Å²) >= 11 is 6.00. The third kappa shape index (κ3) is 2.87. The molecule has 0 saturated carbocycles. The molecule has 2 aromatic rings. The SMILES string of the molecule is Cc1c(-c2cccc(Cl)c2)nc(C(C)(C)C)[nH]c1=O. The molecule has 0 unspecified atom stereocenters. The molecule has 2 rings (SSSR count). The summed E-state index contributed by atoms with van der Waals surface area (Å²) in [6, 6.07) is 7.39. The zero-order chi connectivity index (χ0) is 14.2. The molecular weight excluding hydrogens is 260 g/mol. The number of nitrogens with one attached hydrogen (secondary N) is 1. The first-order valence-corrected chi connectivity index (χ1v) is 6.54. The van der Waals surface area contributed by atoms with E-state index in [4.69, 9.17) is 11.6 Å². The molecular formula is C15H17ClN2O. The highest BCUT2D eigenvalue weighted by molar-refractivity contribution is 6.30. The highest BCUT2D eigenvalue weighted by Gasteiger charge is 2.19. The van der Waals surface area contributed by atoms with Gasteiger partial charge in [0.15, 0.2) is 0 Å². The van der Waals surface area contributed by atoms with E-state index in [1.165, 1.54) is 0 Å². The Bertz CT molecular complexity index is 669. The van der Waals surface area contributed by atoms with Crippen molar-refractivity contribution in [2.75, 3.05) is 0 Å². The van der Waals surface area contributed by atoms with E-state index in [1.807, 2.05) is 39.0 Å². The summed E-state index contributed by atoms with van der Waals surface area (Å²) in [4.78, 5) is 19.5. The van der Waals surface area contributed by atoms with Crippen molar-refractivity contribution in [3.63, 3.8) is 0 Å². The van der Waals surface area contributed by atoms with Crippen molar-refractivity contribution in [3.05, 3.63) is 51.0 Å². The summed E-state index contributed by atoms with van der Waals surface area (Å²) in [6.07, 6.45) is 0. The van der Waals surface area contributed by atoms with Gasteiger partial charge in [-0.3, -0.25) is 4.79 Å². The van der Waals surface area contributed by atoms with Crippen molar-refractivity contribution < 1.29 is 0 Å². The molecule has 1 aromatic carbocycles. The summed E-state index contributed by atoms with van der Waals surface area (Å²) in [5.74, 6) is 0.679. The Morgan fingerprint density at radius 3 is 2.53 bits per heavy atom. The predicted molar refractivity (Wildman–Crippen MR) is 78.7 cm³/mol. The lowest BCUT2D eigenvalue weighted by Gasteiger charge is -2.18. The Labute approximate surface area is 117 Å². The Morgan fingerprint density at radius 2 is 1.95 bits per heavy atom. The van der Waals surface area contributed by atoms with Gasteiger partial charge in [-0.05, 0) is 19.1 Å². The maximum Gasteiger partial charge on any atom is 0.254 e. The Hall–Kier alpha value is -1.61. The number of benzene rings is 1. The summed E-state index contributed by atoms with van der Waals surface area (Å²) in [7, 11) is 0. The molecule has 0 bridgehead atoms. The van der Waals surface area contributed by atoms with Gasteiger partial charge in [0.1, 0.15) is 5.82 Å². The topological polar surface area (TPSA) is 45.8 Å². The van der Waals surface area contributed by atoms with Gasteiger partial charge < -0.3 is 4.98 Å². The molecule has 0 amide bonds. The molecule has 0 aliphatic rings. The minimum Gasteiger partial charge on any atom is -0.310 e. The van der Waals surface area contributed by atoms with Gasteiger partial charge in [-0.25, -0.2) is 4.98 Å². The molecule has 0 aliphatic carbocycles. The first kappa shape index (κ1) is 13.8. The van der Waals surface area contributed by atoms with Crippen LogP contribution in [-0.4, -0.2) is 9.97 Å². The number of aromatic nitrogens is 2. The van der Waals surface area contributed by atoms with Crippen molar-refractivity contribution in [2.24, 2.45) is 0 Å². The molecule has 100 valence electrons. The molecule has 3 nitrogen and oxygen atoms in total. The molecule has 0 aliphatic heterocycles. The van der Waals surface area contributed by atoms with Crippen LogP contribution in [0.5, 0.6) is 0 Å². The first-order valence-electron chi connectivity index (χ1n) is 6.16. The number of aromatic amines is 1. The summed E-state index contributed by atoms with van der Waals surface area (Å²) in [6.45, 7) is 7.82. The third-order valence-corrected chi connectivity index (χ3v) is 3.19. The van der Waals surface area contributed by atoms with E-state index in [-0.39, 0.29) is 11.0 Å². The highest BCUT2D eigenvalue weighted by atomic mass is 35.5. The standard InChI is InChI=1S/C15H17ClN2O/c1-9-12(10-6-5-7-11(16)8-10)17-14(15(2,3)4)18-13(9)19/h5-8H,1-4H3,(H,17,18,19). The number of rotatable bonds is 1. The zero-order valence-corrected chi connectivity index (χ0v) is 12.3. The number of nitrogens with zero attached hydrogens (tertiary/aromatic N) is 1. The third-order valence-electron chi connectivity index (χ3n) is 2.96. The van der Waals surface area contributed by atoms with Crippen molar-refractivity contribution in [1.29, 1.82) is 0 Å². The molecule has 0 radical (unpaired) electrons. The molecule has 4 heteroatoms. The van der Waals surface area contributed by atoms with Gasteiger partial charge in [0.05, 0.1) is 5.69 Å². The minimum atomic E-state index is -0.208. The van der Waals surface area contributed by atoms with Gasteiger partial charge in [0, 0.05) is 21.6 Å². The Morgan fingerprint density at radius 1 is 1.26 bits per heavy atom. The van der Waals surface area contributed by atoms with Crippen LogP contribution in [0.1, 0.15) is 32.2 Å². The molecule has 19 heavy (non-hydrogen) atoms. The Balaban J connectivity index is 2.70.